The van der Waals surface area contributed by atoms with Gasteiger partial charge in [-0.3, -0.25) is 0 Å². The van der Waals surface area contributed by atoms with Gasteiger partial charge in [0.05, 0.1) is 5.56 Å². The van der Waals surface area contributed by atoms with Gasteiger partial charge in [-0.05, 0) is 24.6 Å². The molecule has 0 radical (unpaired) electrons. The molecule has 7 heteroatoms. The molecule has 0 fully saturated rings. The summed E-state index contributed by atoms with van der Waals surface area (Å²) in [5.74, 6) is 0.821. The first-order valence-corrected chi connectivity index (χ1v) is 6.40. The number of halogens is 3. The van der Waals surface area contributed by atoms with E-state index in [1.165, 1.54) is 24.5 Å². The zero-order chi connectivity index (χ0) is 15.3. The molecular weight excluding hydrogens is 283 g/mol. The largest absolute Gasteiger partial charge is 0.439 e. The van der Waals surface area contributed by atoms with Crippen LogP contribution in [0.3, 0.4) is 0 Å². The lowest BCUT2D eigenvalue weighted by molar-refractivity contribution is -0.137. The van der Waals surface area contributed by atoms with Crippen LogP contribution in [0.1, 0.15) is 18.9 Å². The number of ether oxygens (including phenoxy) is 1. The van der Waals surface area contributed by atoms with E-state index in [0.29, 0.717) is 5.82 Å². The third kappa shape index (κ3) is 4.34. The van der Waals surface area contributed by atoms with Crippen LogP contribution in [0.4, 0.5) is 19.0 Å². The SMILES string of the molecule is CCCNc1cc(Oc2cccc(C(F)(F)F)c2)ncn1. The summed E-state index contributed by atoms with van der Waals surface area (Å²) in [5, 5.41) is 3.05. The van der Waals surface area contributed by atoms with E-state index in [4.69, 9.17) is 4.74 Å². The molecule has 0 aliphatic carbocycles. The Labute approximate surface area is 120 Å². The van der Waals surface area contributed by atoms with E-state index in [2.05, 4.69) is 15.3 Å². The van der Waals surface area contributed by atoms with E-state index in [1.807, 2.05) is 6.92 Å². The summed E-state index contributed by atoms with van der Waals surface area (Å²) >= 11 is 0. The number of benzene rings is 1. The Morgan fingerprint density at radius 1 is 1.19 bits per heavy atom. The van der Waals surface area contributed by atoms with Crippen LogP contribution >= 0.6 is 0 Å². The van der Waals surface area contributed by atoms with Crippen LogP contribution < -0.4 is 10.1 Å². The van der Waals surface area contributed by atoms with Crippen LogP contribution in [-0.2, 0) is 6.18 Å². The third-order valence-electron chi connectivity index (χ3n) is 2.58. The minimum Gasteiger partial charge on any atom is -0.439 e. The molecule has 21 heavy (non-hydrogen) atoms. The Balaban J connectivity index is 2.14. The Kier molecular flexibility index (Phi) is 4.62. The van der Waals surface area contributed by atoms with Gasteiger partial charge < -0.3 is 10.1 Å². The smallest absolute Gasteiger partial charge is 0.416 e. The molecule has 1 N–H and O–H groups in total. The number of aromatic nitrogens is 2. The maximum Gasteiger partial charge on any atom is 0.416 e. The van der Waals surface area contributed by atoms with E-state index in [0.717, 1.165) is 25.1 Å². The standard InChI is InChI=1S/C14H14F3N3O/c1-2-6-18-12-8-13(20-9-19-12)21-11-5-3-4-10(7-11)14(15,16)17/h3-5,7-9H,2,6H2,1H3,(H,18,19,20). The Hall–Kier alpha value is -2.31. The molecule has 0 spiro atoms. The van der Waals surface area contributed by atoms with Crippen molar-refractivity contribution < 1.29 is 17.9 Å². The van der Waals surface area contributed by atoms with Gasteiger partial charge in [0.2, 0.25) is 5.88 Å². The predicted molar refractivity (Wildman–Crippen MR) is 72.3 cm³/mol. The number of alkyl halides is 3. The van der Waals surface area contributed by atoms with E-state index in [1.54, 1.807) is 0 Å². The van der Waals surface area contributed by atoms with Crippen molar-refractivity contribution in [1.82, 2.24) is 9.97 Å². The lowest BCUT2D eigenvalue weighted by Crippen LogP contribution is -2.05. The molecular formula is C14H14F3N3O. The molecule has 0 saturated carbocycles. The first kappa shape index (κ1) is 15.1. The minimum atomic E-state index is -4.40. The monoisotopic (exact) mass is 297 g/mol. The van der Waals surface area contributed by atoms with E-state index in [-0.39, 0.29) is 11.6 Å². The van der Waals surface area contributed by atoms with E-state index >= 15 is 0 Å². The lowest BCUT2D eigenvalue weighted by atomic mass is 10.2. The second-order valence-corrected chi connectivity index (χ2v) is 4.30. The van der Waals surface area contributed by atoms with Gasteiger partial charge in [0.25, 0.3) is 0 Å². The van der Waals surface area contributed by atoms with Crippen molar-refractivity contribution in [2.24, 2.45) is 0 Å². The van der Waals surface area contributed by atoms with Gasteiger partial charge in [-0.25, -0.2) is 9.97 Å². The molecule has 0 atom stereocenters. The highest BCUT2D eigenvalue weighted by atomic mass is 19.4. The first-order chi connectivity index (χ1) is 9.99. The van der Waals surface area contributed by atoms with Crippen LogP contribution in [0.25, 0.3) is 0 Å². The topological polar surface area (TPSA) is 47.0 Å². The fourth-order valence-corrected chi connectivity index (χ4v) is 1.60. The zero-order valence-electron chi connectivity index (χ0n) is 11.3. The number of hydrogen-bond donors (Lipinski definition) is 1. The fourth-order valence-electron chi connectivity index (χ4n) is 1.60. The second kappa shape index (κ2) is 6.43. The number of nitrogens with zero attached hydrogens (tertiary/aromatic N) is 2. The van der Waals surface area contributed by atoms with E-state index < -0.39 is 11.7 Å². The van der Waals surface area contributed by atoms with Crippen LogP contribution in [0, 0.1) is 0 Å². The molecule has 0 aliphatic heterocycles. The molecule has 0 amide bonds. The molecule has 0 saturated heterocycles. The molecule has 0 bridgehead atoms. The average molecular weight is 297 g/mol. The second-order valence-electron chi connectivity index (χ2n) is 4.30. The van der Waals surface area contributed by atoms with Crippen molar-refractivity contribution in [3.05, 3.63) is 42.2 Å². The molecule has 112 valence electrons. The number of rotatable bonds is 5. The third-order valence-corrected chi connectivity index (χ3v) is 2.58. The summed E-state index contributed by atoms with van der Waals surface area (Å²) < 4.78 is 43.2. The average Bonchev–Trinajstić information content (AvgIpc) is 2.45. The maximum atomic E-state index is 12.6. The maximum absolute atomic E-state index is 12.6. The van der Waals surface area contributed by atoms with Crippen molar-refractivity contribution in [3.8, 4) is 11.6 Å². The van der Waals surface area contributed by atoms with Gasteiger partial charge in [0, 0.05) is 12.6 Å². The molecule has 2 aromatic rings. The van der Waals surface area contributed by atoms with Crippen LogP contribution in [0.2, 0.25) is 0 Å². The number of nitrogens with one attached hydrogen (secondary N) is 1. The number of anilines is 1. The lowest BCUT2D eigenvalue weighted by Gasteiger charge is -2.10. The summed E-state index contributed by atoms with van der Waals surface area (Å²) in [5.41, 5.74) is -0.765. The van der Waals surface area contributed by atoms with Gasteiger partial charge in [-0.2, -0.15) is 13.2 Å². The van der Waals surface area contributed by atoms with Gasteiger partial charge in [-0.1, -0.05) is 13.0 Å². The molecule has 1 heterocycles. The Morgan fingerprint density at radius 2 is 2.00 bits per heavy atom. The van der Waals surface area contributed by atoms with Crippen molar-refractivity contribution in [2.45, 2.75) is 19.5 Å². The highest BCUT2D eigenvalue weighted by Gasteiger charge is 2.30. The zero-order valence-corrected chi connectivity index (χ0v) is 11.3. The van der Waals surface area contributed by atoms with Crippen molar-refractivity contribution >= 4 is 5.82 Å². The quantitative estimate of drug-likeness (QED) is 0.902. The van der Waals surface area contributed by atoms with Gasteiger partial charge in [0.15, 0.2) is 0 Å². The summed E-state index contributed by atoms with van der Waals surface area (Å²) in [4.78, 5) is 7.87. The molecule has 0 unspecified atom stereocenters. The van der Waals surface area contributed by atoms with Gasteiger partial charge >= 0.3 is 6.18 Å². The van der Waals surface area contributed by atoms with Gasteiger partial charge in [-0.15, -0.1) is 0 Å². The summed E-state index contributed by atoms with van der Waals surface area (Å²) in [6.45, 7) is 2.74. The molecule has 4 nitrogen and oxygen atoms in total. The minimum absolute atomic E-state index is 0.0740. The molecule has 1 aromatic heterocycles. The first-order valence-electron chi connectivity index (χ1n) is 6.40. The van der Waals surface area contributed by atoms with Crippen molar-refractivity contribution in [1.29, 1.82) is 0 Å². The van der Waals surface area contributed by atoms with Crippen molar-refractivity contribution in [2.75, 3.05) is 11.9 Å². The Morgan fingerprint density at radius 3 is 2.71 bits per heavy atom. The highest BCUT2D eigenvalue weighted by Crippen LogP contribution is 2.32. The van der Waals surface area contributed by atoms with Crippen LogP contribution in [0.5, 0.6) is 11.6 Å². The highest BCUT2D eigenvalue weighted by molar-refractivity contribution is 5.39. The van der Waals surface area contributed by atoms with Crippen LogP contribution in [0.15, 0.2) is 36.7 Å². The normalized spacial score (nSPS) is 11.2. The number of hydrogen-bond acceptors (Lipinski definition) is 4. The van der Waals surface area contributed by atoms with Crippen LogP contribution in [-0.4, -0.2) is 16.5 Å². The molecule has 2 rings (SSSR count). The summed E-state index contributed by atoms with van der Waals surface area (Å²) in [6, 6.07) is 6.18. The van der Waals surface area contributed by atoms with Gasteiger partial charge in [0.1, 0.15) is 17.9 Å². The Bertz CT molecular complexity index is 602. The van der Waals surface area contributed by atoms with E-state index in [9.17, 15) is 13.2 Å². The van der Waals surface area contributed by atoms with Crippen molar-refractivity contribution in [3.63, 3.8) is 0 Å². The summed E-state index contributed by atoms with van der Waals surface area (Å²) in [6.07, 6.45) is -2.19. The molecule has 1 aromatic carbocycles. The summed E-state index contributed by atoms with van der Waals surface area (Å²) in [7, 11) is 0. The predicted octanol–water partition coefficient (Wildman–Crippen LogP) is 4.11. The fraction of sp³-hybridized carbons (Fsp3) is 0.286. The molecule has 0 aliphatic rings.